The molecule has 1 fully saturated rings. The Hall–Kier alpha value is -2.66. The molecule has 1 aromatic rings. The second-order valence-electron chi connectivity index (χ2n) is 5.52. The van der Waals surface area contributed by atoms with Crippen molar-refractivity contribution in [1.82, 2.24) is 5.32 Å². The summed E-state index contributed by atoms with van der Waals surface area (Å²) in [7, 11) is -3.03. The van der Waals surface area contributed by atoms with Crippen molar-refractivity contribution in [2.24, 2.45) is 0 Å². The van der Waals surface area contributed by atoms with E-state index in [1.54, 1.807) is 30.3 Å². The number of carbonyl (C=O) groups excluding carboxylic acids is 2. The molecule has 126 valence electrons. The maximum Gasteiger partial charge on any atom is 0.267 e. The Labute approximate surface area is 140 Å². The maximum absolute atomic E-state index is 12.1. The van der Waals surface area contributed by atoms with Crippen molar-refractivity contribution < 1.29 is 18.0 Å². The first-order valence-electron chi connectivity index (χ1n) is 7.30. The predicted octanol–water partition coefficient (Wildman–Crippen LogP) is 1.01. The third-order valence-corrected chi connectivity index (χ3v) is 5.38. The highest BCUT2D eigenvalue weighted by Gasteiger charge is 2.27. The van der Waals surface area contributed by atoms with Crippen molar-refractivity contribution in [2.45, 2.75) is 19.4 Å². The smallest absolute Gasteiger partial charge is 0.267 e. The zero-order valence-corrected chi connectivity index (χ0v) is 13.9. The molecule has 0 aliphatic carbocycles. The zero-order valence-electron chi connectivity index (χ0n) is 13.1. The minimum Gasteiger partial charge on any atom is -0.386 e. The number of ketones is 1. The first kappa shape index (κ1) is 17.7. The largest absolute Gasteiger partial charge is 0.386 e. The Kier molecular flexibility index (Phi) is 5.36. The molecule has 1 aliphatic rings. The van der Waals surface area contributed by atoms with Crippen molar-refractivity contribution in [3.05, 3.63) is 41.6 Å². The SMILES string of the molecule is CC(=O)c1ccc(NC(=O)/C(C#N)=C\NC2CCS(=O)(=O)C2)cc1. The lowest BCUT2D eigenvalue weighted by atomic mass is 10.1. The molecule has 2 rings (SSSR count). The van der Waals surface area contributed by atoms with Crippen LogP contribution in [0.5, 0.6) is 0 Å². The molecular weight excluding hydrogens is 330 g/mol. The van der Waals surface area contributed by atoms with E-state index in [9.17, 15) is 18.0 Å². The predicted molar refractivity (Wildman–Crippen MR) is 89.0 cm³/mol. The number of hydrogen-bond donors (Lipinski definition) is 2. The van der Waals surface area contributed by atoms with Crippen LogP contribution in [0.4, 0.5) is 5.69 Å². The van der Waals surface area contributed by atoms with Crippen molar-refractivity contribution in [2.75, 3.05) is 16.8 Å². The van der Waals surface area contributed by atoms with E-state index in [0.29, 0.717) is 17.7 Å². The van der Waals surface area contributed by atoms with Gasteiger partial charge in [0.05, 0.1) is 11.5 Å². The molecule has 8 heteroatoms. The van der Waals surface area contributed by atoms with Gasteiger partial charge in [0.15, 0.2) is 15.6 Å². The summed E-state index contributed by atoms with van der Waals surface area (Å²) in [6.07, 6.45) is 1.69. The first-order chi connectivity index (χ1) is 11.3. The lowest BCUT2D eigenvalue weighted by molar-refractivity contribution is -0.112. The van der Waals surface area contributed by atoms with Gasteiger partial charge in [-0.25, -0.2) is 8.42 Å². The standard InChI is InChI=1S/C16H17N3O4S/c1-11(20)12-2-4-14(5-3-12)19-16(21)13(8-17)9-18-15-6-7-24(22,23)10-15/h2-5,9,15,18H,6-7,10H2,1H3,(H,19,21)/b13-9-. The number of hydrogen-bond acceptors (Lipinski definition) is 6. The monoisotopic (exact) mass is 347 g/mol. The number of Topliss-reactive ketones (excluding diaryl/α,β-unsaturated/α-hetero) is 1. The van der Waals surface area contributed by atoms with Gasteiger partial charge in [0.25, 0.3) is 5.91 Å². The minimum absolute atomic E-state index is 0.00363. The Morgan fingerprint density at radius 1 is 1.29 bits per heavy atom. The molecule has 24 heavy (non-hydrogen) atoms. The number of carbonyl (C=O) groups is 2. The quantitative estimate of drug-likeness (QED) is 0.466. The lowest BCUT2D eigenvalue weighted by Gasteiger charge is -2.09. The summed E-state index contributed by atoms with van der Waals surface area (Å²) in [4.78, 5) is 23.3. The first-order valence-corrected chi connectivity index (χ1v) is 9.12. The van der Waals surface area contributed by atoms with Gasteiger partial charge in [0, 0.05) is 23.5 Å². The van der Waals surface area contributed by atoms with Crippen molar-refractivity contribution >= 4 is 27.2 Å². The van der Waals surface area contributed by atoms with E-state index < -0.39 is 15.7 Å². The molecule has 1 heterocycles. The number of nitriles is 1. The Bertz CT molecular complexity index is 820. The molecule has 1 unspecified atom stereocenters. The van der Waals surface area contributed by atoms with Crippen LogP contribution in [0.2, 0.25) is 0 Å². The third kappa shape index (κ3) is 4.67. The number of amides is 1. The van der Waals surface area contributed by atoms with Crippen molar-refractivity contribution in [3.63, 3.8) is 0 Å². The van der Waals surface area contributed by atoms with Gasteiger partial charge in [0.2, 0.25) is 0 Å². The highest BCUT2D eigenvalue weighted by molar-refractivity contribution is 7.91. The summed E-state index contributed by atoms with van der Waals surface area (Å²) in [6, 6.07) is 7.79. The maximum atomic E-state index is 12.1. The van der Waals surface area contributed by atoms with Crippen molar-refractivity contribution in [3.8, 4) is 6.07 Å². The zero-order chi connectivity index (χ0) is 17.7. The topological polar surface area (TPSA) is 116 Å². The molecule has 1 saturated heterocycles. The summed E-state index contributed by atoms with van der Waals surface area (Å²) < 4.78 is 22.8. The van der Waals surface area contributed by atoms with Crippen LogP contribution >= 0.6 is 0 Å². The van der Waals surface area contributed by atoms with Crippen molar-refractivity contribution in [1.29, 1.82) is 5.26 Å². The molecule has 0 radical (unpaired) electrons. The van der Waals surface area contributed by atoms with Gasteiger partial charge in [-0.1, -0.05) is 0 Å². The molecule has 0 aromatic heterocycles. The van der Waals surface area contributed by atoms with Gasteiger partial charge in [-0.3, -0.25) is 9.59 Å². The fraction of sp³-hybridized carbons (Fsp3) is 0.312. The number of nitrogens with zero attached hydrogens (tertiary/aromatic N) is 1. The third-order valence-electron chi connectivity index (χ3n) is 3.61. The number of rotatable bonds is 5. The van der Waals surface area contributed by atoms with Crippen LogP contribution in [0.15, 0.2) is 36.0 Å². The van der Waals surface area contributed by atoms with E-state index >= 15 is 0 Å². The van der Waals surface area contributed by atoms with E-state index in [1.807, 2.05) is 0 Å². The highest BCUT2D eigenvalue weighted by atomic mass is 32.2. The van der Waals surface area contributed by atoms with Crippen LogP contribution < -0.4 is 10.6 Å². The van der Waals surface area contributed by atoms with E-state index in [4.69, 9.17) is 5.26 Å². The van der Waals surface area contributed by atoms with Crippen LogP contribution in [0, 0.1) is 11.3 Å². The van der Waals surface area contributed by atoms with Gasteiger partial charge < -0.3 is 10.6 Å². The number of nitrogens with one attached hydrogen (secondary N) is 2. The molecule has 2 N–H and O–H groups in total. The van der Waals surface area contributed by atoms with Crippen LogP contribution in [-0.2, 0) is 14.6 Å². The highest BCUT2D eigenvalue weighted by Crippen LogP contribution is 2.13. The molecular formula is C16H17N3O4S. The van der Waals surface area contributed by atoms with E-state index in [1.165, 1.54) is 13.1 Å². The average Bonchev–Trinajstić information content (AvgIpc) is 2.87. The van der Waals surface area contributed by atoms with E-state index in [2.05, 4.69) is 10.6 Å². The summed E-state index contributed by atoms with van der Waals surface area (Å²) in [6.45, 7) is 1.44. The minimum atomic E-state index is -3.03. The van der Waals surface area contributed by atoms with Gasteiger partial charge in [0.1, 0.15) is 11.6 Å². The Morgan fingerprint density at radius 2 is 1.96 bits per heavy atom. The fourth-order valence-electron chi connectivity index (χ4n) is 2.26. The number of anilines is 1. The van der Waals surface area contributed by atoms with Crippen LogP contribution in [0.1, 0.15) is 23.7 Å². The normalized spacial score (nSPS) is 19.3. The van der Waals surface area contributed by atoms with Crippen LogP contribution in [0.25, 0.3) is 0 Å². The van der Waals surface area contributed by atoms with Crippen LogP contribution in [-0.4, -0.2) is 37.7 Å². The van der Waals surface area contributed by atoms with Crippen LogP contribution in [0.3, 0.4) is 0 Å². The Morgan fingerprint density at radius 3 is 2.46 bits per heavy atom. The van der Waals surface area contributed by atoms with E-state index in [-0.39, 0.29) is 28.9 Å². The molecule has 0 spiro atoms. The molecule has 0 saturated carbocycles. The molecule has 1 aromatic carbocycles. The lowest BCUT2D eigenvalue weighted by Crippen LogP contribution is -2.27. The summed E-state index contributed by atoms with van der Waals surface area (Å²) in [5.74, 6) is -0.589. The van der Waals surface area contributed by atoms with Gasteiger partial charge in [-0.15, -0.1) is 0 Å². The summed E-state index contributed by atoms with van der Waals surface area (Å²) in [5, 5.41) is 14.4. The van der Waals surface area contributed by atoms with E-state index in [0.717, 1.165) is 0 Å². The Balaban J connectivity index is 1.99. The fourth-order valence-corrected chi connectivity index (χ4v) is 3.95. The molecule has 1 amide bonds. The molecule has 1 aliphatic heterocycles. The summed E-state index contributed by atoms with van der Waals surface area (Å²) in [5.41, 5.74) is 0.817. The molecule has 1 atom stereocenters. The second kappa shape index (κ2) is 7.27. The number of sulfone groups is 1. The second-order valence-corrected chi connectivity index (χ2v) is 7.75. The summed E-state index contributed by atoms with van der Waals surface area (Å²) >= 11 is 0. The van der Waals surface area contributed by atoms with Gasteiger partial charge in [-0.05, 0) is 37.6 Å². The van der Waals surface area contributed by atoms with Gasteiger partial charge >= 0.3 is 0 Å². The molecule has 7 nitrogen and oxygen atoms in total. The van der Waals surface area contributed by atoms with Gasteiger partial charge in [-0.2, -0.15) is 5.26 Å². The number of benzene rings is 1. The average molecular weight is 347 g/mol. The molecule has 0 bridgehead atoms.